The van der Waals surface area contributed by atoms with Crippen molar-refractivity contribution in [1.29, 1.82) is 0 Å². The van der Waals surface area contributed by atoms with Gasteiger partial charge in [-0.05, 0) is 47.5 Å². The average Bonchev–Trinajstić information content (AvgIpc) is 2.60. The van der Waals surface area contributed by atoms with Gasteiger partial charge in [-0.15, -0.1) is 0 Å². The first-order chi connectivity index (χ1) is 11.2. The van der Waals surface area contributed by atoms with Crippen LogP contribution in [0.25, 0.3) is 32.3 Å². The van der Waals surface area contributed by atoms with Crippen molar-refractivity contribution in [3.05, 3.63) is 66.2 Å². The fraction of sp³-hybridized carbons (Fsp3) is 0.0952. The predicted octanol–water partition coefficient (Wildman–Crippen LogP) is 5.46. The van der Waals surface area contributed by atoms with Crippen molar-refractivity contribution in [2.24, 2.45) is 0 Å². The number of hydrogen-bond acceptors (Lipinski definition) is 2. The average molecular weight is 300 g/mol. The molecular formula is C21H16O2. The van der Waals surface area contributed by atoms with E-state index in [0.717, 1.165) is 16.2 Å². The molecule has 0 aliphatic heterocycles. The van der Waals surface area contributed by atoms with Crippen LogP contribution in [0.15, 0.2) is 66.2 Å². The van der Waals surface area contributed by atoms with Crippen molar-refractivity contribution in [2.45, 2.75) is 13.8 Å². The molecule has 0 radical (unpaired) electrons. The van der Waals surface area contributed by atoms with Gasteiger partial charge in [0, 0.05) is 16.3 Å². The summed E-state index contributed by atoms with van der Waals surface area (Å²) in [5, 5.41) is 6.92. The van der Waals surface area contributed by atoms with E-state index in [9.17, 15) is 4.79 Å². The third-order valence-corrected chi connectivity index (χ3v) is 4.45. The molecule has 0 spiro atoms. The van der Waals surface area contributed by atoms with Gasteiger partial charge in [0.05, 0.1) is 0 Å². The second-order valence-corrected chi connectivity index (χ2v) is 5.78. The Morgan fingerprint density at radius 1 is 0.870 bits per heavy atom. The van der Waals surface area contributed by atoms with Gasteiger partial charge in [-0.3, -0.25) is 0 Å². The van der Waals surface area contributed by atoms with Crippen LogP contribution in [0.5, 0.6) is 5.75 Å². The lowest BCUT2D eigenvalue weighted by Gasteiger charge is -2.13. The zero-order chi connectivity index (χ0) is 16.0. The Kier molecular flexibility index (Phi) is 3.05. The number of carbonyl (C=O) groups is 1. The van der Waals surface area contributed by atoms with Crippen molar-refractivity contribution < 1.29 is 9.53 Å². The molecule has 0 atom stereocenters. The topological polar surface area (TPSA) is 26.3 Å². The lowest BCUT2D eigenvalue weighted by molar-refractivity contribution is -0.130. The maximum atomic E-state index is 12.1. The Labute approximate surface area is 134 Å². The summed E-state index contributed by atoms with van der Waals surface area (Å²) in [4.78, 5) is 12.1. The van der Waals surface area contributed by atoms with Crippen molar-refractivity contribution in [3.63, 3.8) is 0 Å². The van der Waals surface area contributed by atoms with Crippen LogP contribution < -0.4 is 4.74 Å². The Morgan fingerprint density at radius 3 is 2.17 bits per heavy atom. The second-order valence-electron chi connectivity index (χ2n) is 5.78. The molecule has 0 amide bonds. The first kappa shape index (κ1) is 13.8. The molecule has 4 aromatic rings. The highest BCUT2D eigenvalue weighted by molar-refractivity contribution is 6.24. The van der Waals surface area contributed by atoms with Gasteiger partial charge in [0.2, 0.25) is 0 Å². The maximum Gasteiger partial charge on any atom is 0.338 e. The van der Waals surface area contributed by atoms with E-state index in [1.807, 2.05) is 25.1 Å². The van der Waals surface area contributed by atoms with Crippen LogP contribution in [-0.4, -0.2) is 5.97 Å². The standard InChI is InChI=1S/C21H16O2/c1-3-13(2)21(22)23-18-12-10-16-8-7-14-5-4-6-15-9-11-17(18)20(16)19(14)15/h3-12H,1-2H3. The van der Waals surface area contributed by atoms with Crippen molar-refractivity contribution >= 4 is 38.3 Å². The summed E-state index contributed by atoms with van der Waals surface area (Å²) in [6, 6.07) is 18.6. The van der Waals surface area contributed by atoms with Crippen LogP contribution >= 0.6 is 0 Å². The minimum absolute atomic E-state index is 0.303. The Morgan fingerprint density at radius 2 is 1.48 bits per heavy atom. The lowest BCUT2D eigenvalue weighted by atomic mass is 9.94. The van der Waals surface area contributed by atoms with Gasteiger partial charge in [0.15, 0.2) is 0 Å². The minimum Gasteiger partial charge on any atom is -0.423 e. The number of rotatable bonds is 2. The molecular weight excluding hydrogens is 284 g/mol. The third-order valence-electron chi connectivity index (χ3n) is 4.45. The summed E-state index contributed by atoms with van der Waals surface area (Å²) in [6.07, 6.45) is 1.76. The SMILES string of the molecule is CC=C(C)C(=O)Oc1ccc2ccc3cccc4ccc1c2c34. The van der Waals surface area contributed by atoms with Crippen LogP contribution in [0, 0.1) is 0 Å². The van der Waals surface area contributed by atoms with E-state index < -0.39 is 0 Å². The van der Waals surface area contributed by atoms with E-state index in [4.69, 9.17) is 4.74 Å². The van der Waals surface area contributed by atoms with Crippen molar-refractivity contribution in [2.75, 3.05) is 0 Å². The number of hydrogen-bond donors (Lipinski definition) is 0. The van der Waals surface area contributed by atoms with Crippen molar-refractivity contribution in [3.8, 4) is 5.75 Å². The molecule has 0 fully saturated rings. The molecule has 23 heavy (non-hydrogen) atoms. The van der Waals surface area contributed by atoms with Crippen LogP contribution in [0.2, 0.25) is 0 Å². The molecule has 2 nitrogen and oxygen atoms in total. The fourth-order valence-electron chi connectivity index (χ4n) is 3.10. The molecule has 0 bridgehead atoms. The molecule has 4 rings (SSSR count). The number of ether oxygens (including phenoxy) is 1. The van der Waals surface area contributed by atoms with E-state index in [-0.39, 0.29) is 5.97 Å². The highest BCUT2D eigenvalue weighted by atomic mass is 16.5. The normalized spacial score (nSPS) is 12.3. The summed E-state index contributed by atoms with van der Waals surface area (Å²) in [7, 11) is 0. The monoisotopic (exact) mass is 300 g/mol. The molecule has 0 saturated heterocycles. The predicted molar refractivity (Wildman–Crippen MR) is 95.2 cm³/mol. The van der Waals surface area contributed by atoms with E-state index in [2.05, 4.69) is 36.4 Å². The number of benzene rings is 4. The van der Waals surface area contributed by atoms with Gasteiger partial charge in [-0.1, -0.05) is 48.5 Å². The van der Waals surface area contributed by atoms with Crippen LogP contribution in [0.4, 0.5) is 0 Å². The second kappa shape index (κ2) is 5.10. The highest BCUT2D eigenvalue weighted by Gasteiger charge is 2.14. The minimum atomic E-state index is -0.303. The van der Waals surface area contributed by atoms with E-state index in [1.54, 1.807) is 13.0 Å². The summed E-state index contributed by atoms with van der Waals surface area (Å²) in [6.45, 7) is 3.60. The number of esters is 1. The smallest absolute Gasteiger partial charge is 0.338 e. The highest BCUT2D eigenvalue weighted by Crippen LogP contribution is 2.38. The largest absolute Gasteiger partial charge is 0.423 e. The summed E-state index contributed by atoms with van der Waals surface area (Å²) in [5.41, 5.74) is 0.607. The summed E-state index contributed by atoms with van der Waals surface area (Å²) >= 11 is 0. The molecule has 4 aromatic carbocycles. The maximum absolute atomic E-state index is 12.1. The Hall–Kier alpha value is -2.87. The quantitative estimate of drug-likeness (QED) is 0.213. The molecule has 0 N–H and O–H groups in total. The third kappa shape index (κ3) is 2.07. The molecule has 0 heterocycles. The molecule has 2 heteroatoms. The molecule has 0 aliphatic carbocycles. The van der Waals surface area contributed by atoms with Gasteiger partial charge < -0.3 is 4.74 Å². The van der Waals surface area contributed by atoms with Crippen LogP contribution in [-0.2, 0) is 4.79 Å². The fourth-order valence-corrected chi connectivity index (χ4v) is 3.10. The van der Waals surface area contributed by atoms with E-state index in [0.29, 0.717) is 11.3 Å². The Balaban J connectivity index is 2.02. The zero-order valence-corrected chi connectivity index (χ0v) is 13.1. The van der Waals surface area contributed by atoms with Gasteiger partial charge in [-0.25, -0.2) is 4.79 Å². The van der Waals surface area contributed by atoms with Gasteiger partial charge in [0.1, 0.15) is 5.75 Å². The van der Waals surface area contributed by atoms with Crippen LogP contribution in [0.1, 0.15) is 13.8 Å². The summed E-state index contributed by atoms with van der Waals surface area (Å²) < 4.78 is 5.62. The van der Waals surface area contributed by atoms with Gasteiger partial charge in [0.25, 0.3) is 0 Å². The van der Waals surface area contributed by atoms with Crippen molar-refractivity contribution in [1.82, 2.24) is 0 Å². The molecule has 0 saturated carbocycles. The van der Waals surface area contributed by atoms with E-state index >= 15 is 0 Å². The number of allylic oxidation sites excluding steroid dienone is 1. The molecule has 0 unspecified atom stereocenters. The number of carbonyl (C=O) groups excluding carboxylic acids is 1. The molecule has 112 valence electrons. The van der Waals surface area contributed by atoms with Crippen LogP contribution in [0.3, 0.4) is 0 Å². The lowest BCUT2D eigenvalue weighted by Crippen LogP contribution is -2.09. The zero-order valence-electron chi connectivity index (χ0n) is 13.1. The molecule has 0 aromatic heterocycles. The first-order valence-electron chi connectivity index (χ1n) is 7.70. The van der Waals surface area contributed by atoms with E-state index in [1.165, 1.54) is 16.2 Å². The van der Waals surface area contributed by atoms with Gasteiger partial charge in [-0.2, -0.15) is 0 Å². The molecule has 0 aliphatic rings. The van der Waals surface area contributed by atoms with Gasteiger partial charge >= 0.3 is 5.97 Å². The first-order valence-corrected chi connectivity index (χ1v) is 7.70. The summed E-state index contributed by atoms with van der Waals surface area (Å²) in [5.74, 6) is 0.310. The Bertz CT molecular complexity index is 1060.